The maximum absolute atomic E-state index is 9.43. The molecule has 3 rings (SSSR count). The van der Waals surface area contributed by atoms with E-state index >= 15 is 0 Å². The Hall–Kier alpha value is -2.10. The van der Waals surface area contributed by atoms with E-state index in [-0.39, 0.29) is 12.6 Å². The molecular formula is C17H17NO2. The van der Waals surface area contributed by atoms with Gasteiger partial charge in [0.15, 0.2) is 0 Å². The van der Waals surface area contributed by atoms with Gasteiger partial charge in [0.05, 0.1) is 18.9 Å². The molecule has 1 aromatic heterocycles. The lowest BCUT2D eigenvalue weighted by molar-refractivity contribution is 0.225. The minimum Gasteiger partial charge on any atom is -0.468 e. The van der Waals surface area contributed by atoms with E-state index in [0.29, 0.717) is 6.54 Å². The Kier molecular flexibility index (Phi) is 3.81. The average Bonchev–Trinajstić information content (AvgIpc) is 3.02. The fraction of sp³-hybridized carbons (Fsp3) is 0.176. The third kappa shape index (κ3) is 2.74. The molecule has 1 heterocycles. The second-order valence-corrected chi connectivity index (χ2v) is 4.81. The van der Waals surface area contributed by atoms with Crippen molar-refractivity contribution in [3.63, 3.8) is 0 Å². The van der Waals surface area contributed by atoms with Crippen molar-refractivity contribution in [2.24, 2.45) is 0 Å². The summed E-state index contributed by atoms with van der Waals surface area (Å²) in [5.41, 5.74) is 1.19. The number of furan rings is 1. The maximum Gasteiger partial charge on any atom is 0.123 e. The van der Waals surface area contributed by atoms with Gasteiger partial charge in [0.25, 0.3) is 0 Å². The van der Waals surface area contributed by atoms with Gasteiger partial charge < -0.3 is 14.8 Å². The molecular weight excluding hydrogens is 250 g/mol. The molecule has 0 amide bonds. The van der Waals surface area contributed by atoms with E-state index in [1.54, 1.807) is 6.26 Å². The highest BCUT2D eigenvalue weighted by molar-refractivity contribution is 5.82. The van der Waals surface area contributed by atoms with Crippen LogP contribution in [0.4, 0.5) is 0 Å². The Labute approximate surface area is 117 Å². The Morgan fingerprint density at radius 1 is 1.00 bits per heavy atom. The fourth-order valence-electron chi connectivity index (χ4n) is 2.33. The summed E-state index contributed by atoms with van der Waals surface area (Å²) >= 11 is 0. The molecule has 2 N–H and O–H groups in total. The van der Waals surface area contributed by atoms with Crippen LogP contribution in [0.1, 0.15) is 17.4 Å². The zero-order valence-corrected chi connectivity index (χ0v) is 11.1. The Morgan fingerprint density at radius 3 is 2.60 bits per heavy atom. The van der Waals surface area contributed by atoms with Crippen LogP contribution in [0, 0.1) is 0 Å². The van der Waals surface area contributed by atoms with Gasteiger partial charge in [-0.2, -0.15) is 0 Å². The van der Waals surface area contributed by atoms with Crippen LogP contribution in [0.5, 0.6) is 0 Å². The van der Waals surface area contributed by atoms with Crippen molar-refractivity contribution in [3.8, 4) is 0 Å². The van der Waals surface area contributed by atoms with Gasteiger partial charge in [0.2, 0.25) is 0 Å². The van der Waals surface area contributed by atoms with Crippen LogP contribution < -0.4 is 5.32 Å². The van der Waals surface area contributed by atoms with Crippen LogP contribution in [-0.4, -0.2) is 11.7 Å². The molecule has 0 fully saturated rings. The summed E-state index contributed by atoms with van der Waals surface area (Å²) in [6.07, 6.45) is 1.62. The topological polar surface area (TPSA) is 45.4 Å². The smallest absolute Gasteiger partial charge is 0.123 e. The number of benzene rings is 2. The first-order chi connectivity index (χ1) is 9.86. The van der Waals surface area contributed by atoms with Gasteiger partial charge in [-0.3, -0.25) is 0 Å². The molecule has 0 spiro atoms. The SMILES string of the molecule is OCC(NCc1ccc2ccccc2c1)c1ccco1. The van der Waals surface area contributed by atoms with Crippen molar-refractivity contribution in [3.05, 3.63) is 72.2 Å². The van der Waals surface area contributed by atoms with Crippen molar-refractivity contribution in [2.75, 3.05) is 6.61 Å². The summed E-state index contributed by atoms with van der Waals surface area (Å²) in [4.78, 5) is 0. The number of hydrogen-bond donors (Lipinski definition) is 2. The molecule has 0 aliphatic rings. The first-order valence-corrected chi connectivity index (χ1v) is 6.72. The predicted octanol–water partition coefficient (Wildman–Crippen LogP) is 3.26. The van der Waals surface area contributed by atoms with Crippen LogP contribution in [0.3, 0.4) is 0 Å². The second kappa shape index (κ2) is 5.90. The summed E-state index contributed by atoms with van der Waals surface area (Å²) in [6.45, 7) is 0.706. The first-order valence-electron chi connectivity index (χ1n) is 6.72. The van der Waals surface area contributed by atoms with Gasteiger partial charge in [-0.05, 0) is 34.5 Å². The highest BCUT2D eigenvalue weighted by Gasteiger charge is 2.12. The molecule has 1 atom stereocenters. The van der Waals surface area contributed by atoms with E-state index < -0.39 is 0 Å². The van der Waals surface area contributed by atoms with Gasteiger partial charge >= 0.3 is 0 Å². The van der Waals surface area contributed by atoms with Gasteiger partial charge in [0, 0.05) is 6.54 Å². The molecule has 20 heavy (non-hydrogen) atoms. The minimum absolute atomic E-state index is 0.0150. The quantitative estimate of drug-likeness (QED) is 0.746. The van der Waals surface area contributed by atoms with E-state index in [2.05, 4.69) is 35.6 Å². The molecule has 0 aliphatic heterocycles. The Morgan fingerprint density at radius 2 is 1.85 bits per heavy atom. The monoisotopic (exact) mass is 267 g/mol. The van der Waals surface area contributed by atoms with Crippen molar-refractivity contribution in [1.29, 1.82) is 0 Å². The zero-order chi connectivity index (χ0) is 13.8. The van der Waals surface area contributed by atoms with Gasteiger partial charge in [0.1, 0.15) is 5.76 Å². The highest BCUT2D eigenvalue weighted by Crippen LogP contribution is 2.17. The van der Waals surface area contributed by atoms with Crippen molar-refractivity contribution >= 4 is 10.8 Å². The number of nitrogens with one attached hydrogen (secondary N) is 1. The summed E-state index contributed by atoms with van der Waals surface area (Å²) in [6, 6.07) is 18.2. The molecule has 3 aromatic rings. The van der Waals surface area contributed by atoms with E-state index in [4.69, 9.17) is 4.42 Å². The largest absolute Gasteiger partial charge is 0.468 e. The van der Waals surface area contributed by atoms with Gasteiger partial charge in [-0.1, -0.05) is 36.4 Å². The normalized spacial score (nSPS) is 12.7. The van der Waals surface area contributed by atoms with Crippen LogP contribution in [0.25, 0.3) is 10.8 Å². The molecule has 0 radical (unpaired) electrons. The number of rotatable bonds is 5. The molecule has 2 aromatic carbocycles. The van der Waals surface area contributed by atoms with E-state index in [1.165, 1.54) is 16.3 Å². The van der Waals surface area contributed by atoms with Gasteiger partial charge in [-0.25, -0.2) is 0 Å². The predicted molar refractivity (Wildman–Crippen MR) is 79.3 cm³/mol. The molecule has 0 saturated carbocycles. The molecule has 0 aliphatic carbocycles. The Bertz CT molecular complexity index is 676. The zero-order valence-electron chi connectivity index (χ0n) is 11.1. The minimum atomic E-state index is -0.170. The third-order valence-electron chi connectivity index (χ3n) is 3.44. The number of fused-ring (bicyclic) bond motifs is 1. The number of aliphatic hydroxyl groups excluding tert-OH is 1. The average molecular weight is 267 g/mol. The number of hydrogen-bond acceptors (Lipinski definition) is 3. The standard InChI is InChI=1S/C17H17NO2/c19-12-16(17-6-3-9-20-17)18-11-13-7-8-14-4-1-2-5-15(14)10-13/h1-10,16,18-19H,11-12H2. The summed E-state index contributed by atoms with van der Waals surface area (Å²) in [5, 5.41) is 15.2. The van der Waals surface area contributed by atoms with Crippen LogP contribution in [-0.2, 0) is 6.54 Å². The lowest BCUT2D eigenvalue weighted by atomic mass is 10.1. The summed E-state index contributed by atoms with van der Waals surface area (Å²) in [7, 11) is 0. The first kappa shape index (κ1) is 12.9. The third-order valence-corrected chi connectivity index (χ3v) is 3.44. The van der Waals surface area contributed by atoms with Crippen LogP contribution in [0.2, 0.25) is 0 Å². The van der Waals surface area contributed by atoms with Crippen molar-refractivity contribution < 1.29 is 9.52 Å². The molecule has 0 bridgehead atoms. The molecule has 0 saturated heterocycles. The fourth-order valence-corrected chi connectivity index (χ4v) is 2.33. The lowest BCUT2D eigenvalue weighted by Crippen LogP contribution is -2.23. The lowest BCUT2D eigenvalue weighted by Gasteiger charge is -2.14. The molecule has 3 nitrogen and oxygen atoms in total. The molecule has 1 unspecified atom stereocenters. The van der Waals surface area contributed by atoms with Crippen molar-refractivity contribution in [2.45, 2.75) is 12.6 Å². The number of aliphatic hydroxyl groups is 1. The summed E-state index contributed by atoms with van der Waals surface area (Å²) in [5.74, 6) is 0.758. The van der Waals surface area contributed by atoms with Crippen LogP contribution >= 0.6 is 0 Å². The molecule has 102 valence electrons. The van der Waals surface area contributed by atoms with Gasteiger partial charge in [-0.15, -0.1) is 0 Å². The second-order valence-electron chi connectivity index (χ2n) is 4.81. The highest BCUT2D eigenvalue weighted by atomic mass is 16.3. The van der Waals surface area contributed by atoms with Crippen molar-refractivity contribution in [1.82, 2.24) is 5.32 Å². The van der Waals surface area contributed by atoms with E-state index in [0.717, 1.165) is 5.76 Å². The summed E-state index contributed by atoms with van der Waals surface area (Å²) < 4.78 is 5.32. The van der Waals surface area contributed by atoms with Crippen LogP contribution in [0.15, 0.2) is 65.3 Å². The van der Waals surface area contributed by atoms with E-state index in [1.807, 2.05) is 24.3 Å². The van der Waals surface area contributed by atoms with E-state index in [9.17, 15) is 5.11 Å². The Balaban J connectivity index is 1.73. The maximum atomic E-state index is 9.43. The molecule has 3 heteroatoms.